The summed E-state index contributed by atoms with van der Waals surface area (Å²) in [4.78, 5) is 16.0. The molecule has 1 heterocycles. The Morgan fingerprint density at radius 2 is 2.00 bits per heavy atom. The van der Waals surface area contributed by atoms with E-state index in [0.717, 1.165) is 22.3 Å². The van der Waals surface area contributed by atoms with Crippen molar-refractivity contribution in [2.45, 2.75) is 20.4 Å². The highest BCUT2D eigenvalue weighted by Gasteiger charge is 2.09. The van der Waals surface area contributed by atoms with Crippen LogP contribution < -0.4 is 5.32 Å². The summed E-state index contributed by atoms with van der Waals surface area (Å²) in [5.41, 5.74) is 4.10. The van der Waals surface area contributed by atoms with Crippen molar-refractivity contribution in [2.24, 2.45) is 0 Å². The molecule has 0 spiro atoms. The van der Waals surface area contributed by atoms with Crippen LogP contribution in [0.4, 0.5) is 0 Å². The van der Waals surface area contributed by atoms with Crippen molar-refractivity contribution in [3.8, 4) is 6.07 Å². The van der Waals surface area contributed by atoms with Crippen LogP contribution in [0.5, 0.6) is 0 Å². The number of hydrogen-bond donors (Lipinski definition) is 1. The van der Waals surface area contributed by atoms with Gasteiger partial charge in [0.15, 0.2) is 0 Å². The van der Waals surface area contributed by atoms with E-state index < -0.39 is 0 Å². The molecule has 4 nitrogen and oxygen atoms in total. The molecule has 0 aliphatic rings. The number of hydrogen-bond acceptors (Lipinski definition) is 3. The second-order valence-electron chi connectivity index (χ2n) is 5.07. The number of aromatic nitrogens is 1. The molecule has 0 bridgehead atoms. The van der Waals surface area contributed by atoms with Gasteiger partial charge in [-0.3, -0.25) is 9.78 Å². The number of amides is 1. The maximum atomic E-state index is 12.1. The lowest BCUT2D eigenvalue weighted by atomic mass is 10.0. The fraction of sp³-hybridized carbons (Fsp3) is 0.167. The Hall–Kier alpha value is -2.93. The van der Waals surface area contributed by atoms with Crippen LogP contribution in [-0.4, -0.2) is 10.9 Å². The number of carbonyl (C=O) groups is 1. The molecule has 4 heteroatoms. The van der Waals surface area contributed by atoms with Crippen LogP contribution in [0, 0.1) is 25.2 Å². The molecule has 0 radical (unpaired) electrons. The van der Waals surface area contributed by atoms with Gasteiger partial charge in [-0.05, 0) is 48.7 Å². The van der Waals surface area contributed by atoms with Crippen molar-refractivity contribution < 1.29 is 4.79 Å². The normalized spacial score (nSPS) is 10.9. The summed E-state index contributed by atoms with van der Waals surface area (Å²) >= 11 is 0. The molecule has 110 valence electrons. The van der Waals surface area contributed by atoms with Gasteiger partial charge in [0.2, 0.25) is 0 Å². The van der Waals surface area contributed by atoms with Crippen LogP contribution >= 0.6 is 0 Å². The zero-order chi connectivity index (χ0) is 15.9. The SMILES string of the molecule is Cc1ccc(/C=C(\C#N)C(=O)NCc2ccncc2)c(C)c1. The van der Waals surface area contributed by atoms with Crippen LogP contribution in [-0.2, 0) is 11.3 Å². The van der Waals surface area contributed by atoms with Gasteiger partial charge < -0.3 is 5.32 Å². The van der Waals surface area contributed by atoms with E-state index in [9.17, 15) is 10.1 Å². The number of nitrogens with zero attached hydrogens (tertiary/aromatic N) is 2. The minimum atomic E-state index is -0.376. The topological polar surface area (TPSA) is 65.8 Å². The molecule has 22 heavy (non-hydrogen) atoms. The Morgan fingerprint density at radius 1 is 1.27 bits per heavy atom. The van der Waals surface area contributed by atoms with Crippen LogP contribution in [0.1, 0.15) is 22.3 Å². The lowest BCUT2D eigenvalue weighted by Gasteiger charge is -2.06. The molecule has 2 rings (SSSR count). The first-order valence-corrected chi connectivity index (χ1v) is 6.96. The third-order valence-electron chi connectivity index (χ3n) is 3.29. The standard InChI is InChI=1S/C18H17N3O/c1-13-3-4-16(14(2)9-13)10-17(11-19)18(22)21-12-15-5-7-20-8-6-15/h3-10H,12H2,1-2H3,(H,21,22)/b17-10+. The fourth-order valence-electron chi connectivity index (χ4n) is 2.07. The Morgan fingerprint density at radius 3 is 2.64 bits per heavy atom. The summed E-state index contributed by atoms with van der Waals surface area (Å²) in [5, 5.41) is 12.0. The van der Waals surface area contributed by atoms with Gasteiger partial charge in [0.05, 0.1) is 0 Å². The van der Waals surface area contributed by atoms with E-state index in [4.69, 9.17) is 0 Å². The molecule has 0 aliphatic carbocycles. The highest BCUT2D eigenvalue weighted by molar-refractivity contribution is 6.01. The average Bonchev–Trinajstić information content (AvgIpc) is 2.53. The Bertz CT molecular complexity index is 743. The smallest absolute Gasteiger partial charge is 0.262 e. The number of rotatable bonds is 4. The van der Waals surface area contributed by atoms with Gasteiger partial charge in [-0.2, -0.15) is 5.26 Å². The molecule has 0 atom stereocenters. The third-order valence-corrected chi connectivity index (χ3v) is 3.29. The van der Waals surface area contributed by atoms with Crippen LogP contribution in [0.2, 0.25) is 0 Å². The fourth-order valence-corrected chi connectivity index (χ4v) is 2.07. The van der Waals surface area contributed by atoms with Gasteiger partial charge >= 0.3 is 0 Å². The molecule has 1 aromatic carbocycles. The number of nitriles is 1. The van der Waals surface area contributed by atoms with Gasteiger partial charge in [-0.1, -0.05) is 23.8 Å². The quantitative estimate of drug-likeness (QED) is 0.695. The average molecular weight is 291 g/mol. The molecule has 1 N–H and O–H groups in total. The zero-order valence-corrected chi connectivity index (χ0v) is 12.6. The summed E-state index contributed by atoms with van der Waals surface area (Å²) in [5.74, 6) is -0.376. The molecule has 0 aliphatic heterocycles. The number of carbonyl (C=O) groups excluding carboxylic acids is 1. The number of aryl methyl sites for hydroxylation is 2. The van der Waals surface area contributed by atoms with Crippen LogP contribution in [0.3, 0.4) is 0 Å². The zero-order valence-electron chi connectivity index (χ0n) is 12.6. The van der Waals surface area contributed by atoms with Gasteiger partial charge in [0, 0.05) is 18.9 Å². The highest BCUT2D eigenvalue weighted by atomic mass is 16.1. The molecule has 0 saturated carbocycles. The van der Waals surface area contributed by atoms with E-state index in [1.165, 1.54) is 0 Å². The molecule has 2 aromatic rings. The van der Waals surface area contributed by atoms with E-state index >= 15 is 0 Å². The largest absolute Gasteiger partial charge is 0.347 e. The van der Waals surface area contributed by atoms with Crippen molar-refractivity contribution in [1.82, 2.24) is 10.3 Å². The van der Waals surface area contributed by atoms with Crippen molar-refractivity contribution >= 4 is 12.0 Å². The second kappa shape index (κ2) is 7.19. The van der Waals surface area contributed by atoms with Gasteiger partial charge in [-0.25, -0.2) is 0 Å². The number of pyridine rings is 1. The third kappa shape index (κ3) is 4.03. The van der Waals surface area contributed by atoms with E-state index in [1.807, 2.05) is 50.2 Å². The Labute approximate surface area is 130 Å². The summed E-state index contributed by atoms with van der Waals surface area (Å²) in [6.07, 6.45) is 4.95. The Balaban J connectivity index is 2.12. The lowest BCUT2D eigenvalue weighted by molar-refractivity contribution is -0.117. The van der Waals surface area contributed by atoms with E-state index in [0.29, 0.717) is 6.54 Å². The molecular weight excluding hydrogens is 274 g/mol. The number of nitrogens with one attached hydrogen (secondary N) is 1. The van der Waals surface area contributed by atoms with E-state index in [1.54, 1.807) is 18.5 Å². The summed E-state index contributed by atoms with van der Waals surface area (Å²) < 4.78 is 0. The second-order valence-corrected chi connectivity index (χ2v) is 5.07. The van der Waals surface area contributed by atoms with Crippen molar-refractivity contribution in [3.63, 3.8) is 0 Å². The van der Waals surface area contributed by atoms with Gasteiger partial charge in [-0.15, -0.1) is 0 Å². The summed E-state index contributed by atoms with van der Waals surface area (Å²) in [7, 11) is 0. The number of benzene rings is 1. The summed E-state index contributed by atoms with van der Waals surface area (Å²) in [6, 6.07) is 11.5. The predicted octanol–water partition coefficient (Wildman–Crippen LogP) is 2.92. The molecular formula is C18H17N3O. The maximum absolute atomic E-state index is 12.1. The molecule has 1 amide bonds. The monoisotopic (exact) mass is 291 g/mol. The molecule has 0 fully saturated rings. The highest BCUT2D eigenvalue weighted by Crippen LogP contribution is 2.14. The van der Waals surface area contributed by atoms with E-state index in [2.05, 4.69) is 10.3 Å². The van der Waals surface area contributed by atoms with Crippen LogP contribution in [0.15, 0.2) is 48.3 Å². The molecule has 0 unspecified atom stereocenters. The maximum Gasteiger partial charge on any atom is 0.262 e. The predicted molar refractivity (Wildman–Crippen MR) is 85.6 cm³/mol. The van der Waals surface area contributed by atoms with Crippen LogP contribution in [0.25, 0.3) is 6.08 Å². The van der Waals surface area contributed by atoms with Crippen molar-refractivity contribution in [3.05, 3.63) is 70.6 Å². The minimum Gasteiger partial charge on any atom is -0.347 e. The van der Waals surface area contributed by atoms with Gasteiger partial charge in [0.25, 0.3) is 5.91 Å². The first-order valence-electron chi connectivity index (χ1n) is 6.96. The molecule has 0 saturated heterocycles. The molecule has 1 aromatic heterocycles. The summed E-state index contributed by atoms with van der Waals surface area (Å²) in [6.45, 7) is 4.34. The Kier molecular flexibility index (Phi) is 5.05. The first-order chi connectivity index (χ1) is 10.6. The lowest BCUT2D eigenvalue weighted by Crippen LogP contribution is -2.23. The van der Waals surface area contributed by atoms with Crippen molar-refractivity contribution in [2.75, 3.05) is 0 Å². The minimum absolute atomic E-state index is 0.0982. The first kappa shape index (κ1) is 15.5. The van der Waals surface area contributed by atoms with E-state index in [-0.39, 0.29) is 11.5 Å². The van der Waals surface area contributed by atoms with Crippen molar-refractivity contribution in [1.29, 1.82) is 5.26 Å². The van der Waals surface area contributed by atoms with Gasteiger partial charge in [0.1, 0.15) is 11.6 Å².